The standard InChI is InChI=1S/C9H13N5/c1-2-3-4-8-7-14(13-11-8)9-5-6-10-12-9/h5-7H,2-4H2,1H3,(H,10,12). The SMILES string of the molecule is CCCCc1cn(-c2ccn[nH]2)nn1. The summed E-state index contributed by atoms with van der Waals surface area (Å²) >= 11 is 0. The van der Waals surface area contributed by atoms with E-state index in [1.807, 2.05) is 12.3 Å². The van der Waals surface area contributed by atoms with Crippen LogP contribution in [-0.2, 0) is 6.42 Å². The van der Waals surface area contributed by atoms with Crippen LogP contribution in [0.2, 0.25) is 0 Å². The lowest BCUT2D eigenvalue weighted by Crippen LogP contribution is -1.94. The first kappa shape index (κ1) is 8.93. The second-order valence-corrected chi connectivity index (χ2v) is 3.20. The maximum atomic E-state index is 4.07. The van der Waals surface area contributed by atoms with E-state index in [0.717, 1.165) is 24.4 Å². The molecule has 0 unspecified atom stereocenters. The molecule has 2 aromatic rings. The Morgan fingerprint density at radius 2 is 2.43 bits per heavy atom. The van der Waals surface area contributed by atoms with Crippen molar-refractivity contribution in [2.75, 3.05) is 0 Å². The highest BCUT2D eigenvalue weighted by Crippen LogP contribution is 2.04. The largest absolute Gasteiger partial charge is 0.261 e. The fourth-order valence-corrected chi connectivity index (χ4v) is 1.26. The zero-order valence-corrected chi connectivity index (χ0v) is 8.14. The van der Waals surface area contributed by atoms with Gasteiger partial charge in [-0.15, -0.1) is 5.10 Å². The summed E-state index contributed by atoms with van der Waals surface area (Å²) in [6.45, 7) is 2.17. The molecular formula is C9H13N5. The van der Waals surface area contributed by atoms with E-state index in [2.05, 4.69) is 27.4 Å². The number of rotatable bonds is 4. The Morgan fingerprint density at radius 3 is 3.14 bits per heavy atom. The Bertz CT molecular complexity index is 376. The van der Waals surface area contributed by atoms with Gasteiger partial charge < -0.3 is 0 Å². The molecule has 5 heteroatoms. The molecule has 0 aliphatic carbocycles. The Balaban J connectivity index is 2.10. The lowest BCUT2D eigenvalue weighted by Gasteiger charge is -1.92. The highest BCUT2D eigenvalue weighted by atomic mass is 15.5. The molecule has 0 aromatic carbocycles. The van der Waals surface area contributed by atoms with E-state index in [9.17, 15) is 0 Å². The summed E-state index contributed by atoms with van der Waals surface area (Å²) in [5, 5.41) is 14.8. The molecule has 0 spiro atoms. The lowest BCUT2D eigenvalue weighted by atomic mass is 10.2. The van der Waals surface area contributed by atoms with Crippen LogP contribution >= 0.6 is 0 Å². The number of aromatic amines is 1. The van der Waals surface area contributed by atoms with Crippen molar-refractivity contribution >= 4 is 0 Å². The van der Waals surface area contributed by atoms with E-state index >= 15 is 0 Å². The van der Waals surface area contributed by atoms with Gasteiger partial charge in [0.2, 0.25) is 0 Å². The molecule has 1 N–H and O–H groups in total. The molecule has 0 amide bonds. The minimum Gasteiger partial charge on any atom is -0.261 e. The molecule has 0 saturated heterocycles. The van der Waals surface area contributed by atoms with Crippen LogP contribution in [0.1, 0.15) is 25.5 Å². The number of unbranched alkanes of at least 4 members (excludes halogenated alkanes) is 1. The van der Waals surface area contributed by atoms with Crippen LogP contribution < -0.4 is 0 Å². The van der Waals surface area contributed by atoms with Crippen molar-refractivity contribution in [1.82, 2.24) is 25.2 Å². The summed E-state index contributed by atoms with van der Waals surface area (Å²) in [4.78, 5) is 0. The van der Waals surface area contributed by atoms with E-state index in [0.29, 0.717) is 0 Å². The molecule has 2 rings (SSSR count). The number of hydrogen-bond donors (Lipinski definition) is 1. The predicted molar refractivity (Wildman–Crippen MR) is 52.1 cm³/mol. The average Bonchev–Trinajstić information content (AvgIpc) is 2.85. The van der Waals surface area contributed by atoms with Gasteiger partial charge >= 0.3 is 0 Å². The number of aryl methyl sites for hydroxylation is 1. The van der Waals surface area contributed by atoms with Gasteiger partial charge in [-0.2, -0.15) is 5.10 Å². The van der Waals surface area contributed by atoms with Crippen LogP contribution in [0, 0.1) is 0 Å². The predicted octanol–water partition coefficient (Wildman–Crippen LogP) is 1.33. The highest BCUT2D eigenvalue weighted by Gasteiger charge is 2.02. The van der Waals surface area contributed by atoms with E-state index in [-0.39, 0.29) is 0 Å². The zero-order chi connectivity index (χ0) is 9.80. The van der Waals surface area contributed by atoms with Gasteiger partial charge in [-0.05, 0) is 12.8 Å². The van der Waals surface area contributed by atoms with Crippen molar-refractivity contribution in [3.63, 3.8) is 0 Å². The van der Waals surface area contributed by atoms with Gasteiger partial charge in [-0.1, -0.05) is 18.6 Å². The summed E-state index contributed by atoms with van der Waals surface area (Å²) < 4.78 is 1.71. The lowest BCUT2D eigenvalue weighted by molar-refractivity contribution is 0.754. The van der Waals surface area contributed by atoms with Crippen LogP contribution in [0.3, 0.4) is 0 Å². The molecule has 5 nitrogen and oxygen atoms in total. The first-order valence-electron chi connectivity index (χ1n) is 4.81. The minimum absolute atomic E-state index is 0.847. The molecule has 0 bridgehead atoms. The summed E-state index contributed by atoms with van der Waals surface area (Å²) in [5.74, 6) is 0.847. The normalized spacial score (nSPS) is 10.6. The molecule has 0 saturated carbocycles. The fourth-order valence-electron chi connectivity index (χ4n) is 1.26. The van der Waals surface area contributed by atoms with Gasteiger partial charge in [0, 0.05) is 6.07 Å². The molecule has 0 aliphatic heterocycles. The topological polar surface area (TPSA) is 59.4 Å². The number of aromatic nitrogens is 5. The second kappa shape index (κ2) is 4.04. The third kappa shape index (κ3) is 1.81. The van der Waals surface area contributed by atoms with Crippen LogP contribution in [0.4, 0.5) is 0 Å². The Labute approximate surface area is 82.1 Å². The maximum absolute atomic E-state index is 4.07. The van der Waals surface area contributed by atoms with Crippen molar-refractivity contribution in [2.45, 2.75) is 26.2 Å². The third-order valence-electron chi connectivity index (χ3n) is 2.06. The van der Waals surface area contributed by atoms with Crippen molar-refractivity contribution in [3.8, 4) is 5.82 Å². The Hall–Kier alpha value is -1.65. The number of hydrogen-bond acceptors (Lipinski definition) is 3. The minimum atomic E-state index is 0.847. The van der Waals surface area contributed by atoms with Gasteiger partial charge in [-0.25, -0.2) is 4.68 Å². The monoisotopic (exact) mass is 191 g/mol. The molecule has 0 atom stereocenters. The third-order valence-corrected chi connectivity index (χ3v) is 2.06. The molecule has 0 radical (unpaired) electrons. The van der Waals surface area contributed by atoms with Gasteiger partial charge in [0.25, 0.3) is 0 Å². The average molecular weight is 191 g/mol. The van der Waals surface area contributed by atoms with Crippen molar-refractivity contribution < 1.29 is 0 Å². The van der Waals surface area contributed by atoms with Gasteiger partial charge in [-0.3, -0.25) is 5.10 Å². The van der Waals surface area contributed by atoms with Crippen molar-refractivity contribution in [1.29, 1.82) is 0 Å². The van der Waals surface area contributed by atoms with Crippen molar-refractivity contribution in [3.05, 3.63) is 24.2 Å². The Kier molecular flexibility index (Phi) is 2.58. The van der Waals surface area contributed by atoms with E-state index in [1.54, 1.807) is 10.9 Å². The van der Waals surface area contributed by atoms with E-state index in [4.69, 9.17) is 0 Å². The first-order valence-corrected chi connectivity index (χ1v) is 4.81. The quantitative estimate of drug-likeness (QED) is 0.793. The summed E-state index contributed by atoms with van der Waals surface area (Å²) in [6, 6.07) is 1.86. The van der Waals surface area contributed by atoms with Crippen LogP contribution in [-0.4, -0.2) is 25.2 Å². The highest BCUT2D eigenvalue weighted by molar-refractivity contribution is 5.17. The molecule has 2 aromatic heterocycles. The fraction of sp³-hybridized carbons (Fsp3) is 0.444. The van der Waals surface area contributed by atoms with Crippen LogP contribution in [0.5, 0.6) is 0 Å². The number of nitrogens with zero attached hydrogens (tertiary/aromatic N) is 4. The summed E-state index contributed by atoms with van der Waals surface area (Å²) in [6.07, 6.45) is 6.95. The molecule has 0 aliphatic rings. The number of nitrogens with one attached hydrogen (secondary N) is 1. The summed E-state index contributed by atoms with van der Waals surface area (Å²) in [5.41, 5.74) is 1.03. The number of H-pyrrole nitrogens is 1. The first-order chi connectivity index (χ1) is 6.90. The van der Waals surface area contributed by atoms with Crippen LogP contribution in [0.25, 0.3) is 5.82 Å². The van der Waals surface area contributed by atoms with Crippen LogP contribution in [0.15, 0.2) is 18.5 Å². The van der Waals surface area contributed by atoms with Crippen molar-refractivity contribution in [2.24, 2.45) is 0 Å². The second-order valence-electron chi connectivity index (χ2n) is 3.20. The van der Waals surface area contributed by atoms with E-state index in [1.165, 1.54) is 6.42 Å². The molecule has 0 fully saturated rings. The molecule has 74 valence electrons. The zero-order valence-electron chi connectivity index (χ0n) is 8.14. The molecule has 14 heavy (non-hydrogen) atoms. The van der Waals surface area contributed by atoms with E-state index < -0.39 is 0 Å². The van der Waals surface area contributed by atoms with Gasteiger partial charge in [0.15, 0.2) is 5.82 Å². The Morgan fingerprint density at radius 1 is 1.50 bits per heavy atom. The smallest absolute Gasteiger partial charge is 0.151 e. The van der Waals surface area contributed by atoms with Gasteiger partial charge in [0.1, 0.15) is 0 Å². The maximum Gasteiger partial charge on any atom is 0.151 e. The molecular weight excluding hydrogens is 178 g/mol. The summed E-state index contributed by atoms with van der Waals surface area (Å²) in [7, 11) is 0. The van der Waals surface area contributed by atoms with Gasteiger partial charge in [0.05, 0.1) is 18.1 Å². The molecule has 2 heterocycles.